The van der Waals surface area contributed by atoms with Gasteiger partial charge in [-0.3, -0.25) is 4.79 Å². The molecule has 0 unspecified atom stereocenters. The molecule has 0 spiro atoms. The lowest BCUT2D eigenvalue weighted by molar-refractivity contribution is -0.139. The molecule has 6 nitrogen and oxygen atoms in total. The van der Waals surface area contributed by atoms with Gasteiger partial charge in [0.15, 0.2) is 0 Å². The summed E-state index contributed by atoms with van der Waals surface area (Å²) in [6, 6.07) is 5.97. The first-order valence-electron chi connectivity index (χ1n) is 9.34. The molecule has 0 aromatic heterocycles. The third-order valence-corrected chi connectivity index (χ3v) is 5.35. The number of rotatable bonds is 1. The number of carbonyl (C=O) groups excluding carboxylic acids is 2. The molecule has 2 atom stereocenters. The second-order valence-electron chi connectivity index (χ2n) is 7.30. The highest BCUT2D eigenvalue weighted by atomic mass is 19.3. The Morgan fingerprint density at radius 2 is 2.00 bits per heavy atom. The van der Waals surface area contributed by atoms with E-state index in [0.29, 0.717) is 38.2 Å². The molecule has 3 heterocycles. The number of nitrogens with one attached hydrogen (secondary N) is 1. The predicted molar refractivity (Wildman–Crippen MR) is 96.6 cm³/mol. The van der Waals surface area contributed by atoms with Crippen LogP contribution in [0, 0.1) is 17.8 Å². The fourth-order valence-corrected chi connectivity index (χ4v) is 3.78. The quantitative estimate of drug-likeness (QED) is 0.743. The number of likely N-dealkylation sites (tertiary alicyclic amines) is 2. The molecule has 148 valence electrons. The highest BCUT2D eigenvalue weighted by Gasteiger charge is 2.39. The van der Waals surface area contributed by atoms with Gasteiger partial charge < -0.3 is 19.9 Å². The topological polar surface area (TPSA) is 61.9 Å². The second-order valence-corrected chi connectivity index (χ2v) is 7.30. The van der Waals surface area contributed by atoms with E-state index in [-0.39, 0.29) is 42.2 Å². The van der Waals surface area contributed by atoms with Crippen LogP contribution >= 0.6 is 0 Å². The number of hydrogen-bond donors (Lipinski definition) is 1. The lowest BCUT2D eigenvalue weighted by Gasteiger charge is -2.45. The minimum atomic E-state index is -2.56. The molecule has 4 rings (SSSR count). The molecule has 0 bridgehead atoms. The Morgan fingerprint density at radius 3 is 2.79 bits per heavy atom. The van der Waals surface area contributed by atoms with E-state index in [9.17, 15) is 18.4 Å². The highest BCUT2D eigenvalue weighted by Crippen LogP contribution is 2.24. The van der Waals surface area contributed by atoms with Gasteiger partial charge in [-0.15, -0.1) is 0 Å². The Morgan fingerprint density at radius 1 is 1.21 bits per heavy atom. The van der Waals surface area contributed by atoms with E-state index < -0.39 is 6.43 Å². The second kappa shape index (κ2) is 7.76. The van der Waals surface area contributed by atoms with E-state index >= 15 is 0 Å². The molecule has 0 radical (unpaired) electrons. The number of amides is 3. The van der Waals surface area contributed by atoms with Gasteiger partial charge in [-0.25, -0.2) is 13.6 Å². The minimum absolute atomic E-state index is 0.0232. The Hall–Kier alpha value is -2.66. The highest BCUT2D eigenvalue weighted by molar-refractivity contribution is 5.79. The monoisotopic (exact) mass is 389 g/mol. The molecule has 3 fully saturated rings. The molecular formula is C20H21F2N3O3. The summed E-state index contributed by atoms with van der Waals surface area (Å²) >= 11 is 0. The summed E-state index contributed by atoms with van der Waals surface area (Å²) < 4.78 is 31.5. The lowest BCUT2D eigenvalue weighted by atomic mass is 9.98. The standard InChI is InChI=1S/C20H21F2N3O3/c21-19(22)15-4-2-1-3-14(15)6-5-13-9-25(10-13)20(27)24-8-7-17-16(11-24)23-18(26)12-28-17/h1-4,13,16-17,19H,7-12H2,(H,23,26)/t16-,17+/m1/s1. The number of hydrogen-bond acceptors (Lipinski definition) is 3. The third-order valence-electron chi connectivity index (χ3n) is 5.35. The molecule has 1 N–H and O–H groups in total. The number of morpholine rings is 1. The Bertz CT molecular complexity index is 829. The normalized spacial score (nSPS) is 24.8. The van der Waals surface area contributed by atoms with E-state index in [1.54, 1.807) is 28.0 Å². The van der Waals surface area contributed by atoms with Crippen LogP contribution in [0.4, 0.5) is 13.6 Å². The Kier molecular flexibility index (Phi) is 5.18. The summed E-state index contributed by atoms with van der Waals surface area (Å²) in [4.78, 5) is 27.6. The summed E-state index contributed by atoms with van der Waals surface area (Å²) in [6.45, 7) is 2.07. The van der Waals surface area contributed by atoms with Gasteiger partial charge in [-0.2, -0.15) is 0 Å². The van der Waals surface area contributed by atoms with Crippen LogP contribution in [-0.2, 0) is 9.53 Å². The zero-order valence-corrected chi connectivity index (χ0v) is 15.2. The lowest BCUT2D eigenvalue weighted by Crippen LogP contribution is -2.64. The van der Waals surface area contributed by atoms with Crippen molar-refractivity contribution in [3.8, 4) is 11.8 Å². The zero-order valence-electron chi connectivity index (χ0n) is 15.2. The first-order chi connectivity index (χ1) is 13.5. The smallest absolute Gasteiger partial charge is 0.320 e. The van der Waals surface area contributed by atoms with Gasteiger partial charge in [0, 0.05) is 37.3 Å². The summed E-state index contributed by atoms with van der Waals surface area (Å²) in [5, 5.41) is 2.88. The first kappa shape index (κ1) is 18.7. The maximum atomic E-state index is 13.0. The molecule has 1 aromatic carbocycles. The number of halogens is 2. The SMILES string of the molecule is O=C1CO[C@H]2CCN(C(=O)N3CC(C#Cc4ccccc4C(F)F)C3)C[C@H]2N1. The van der Waals surface area contributed by atoms with E-state index in [1.807, 2.05) is 0 Å². The Balaban J connectivity index is 1.31. The number of benzene rings is 1. The van der Waals surface area contributed by atoms with Crippen molar-refractivity contribution < 1.29 is 23.1 Å². The van der Waals surface area contributed by atoms with Crippen molar-refractivity contribution in [3.63, 3.8) is 0 Å². The molecule has 28 heavy (non-hydrogen) atoms. The molecule has 3 amide bonds. The summed E-state index contributed by atoms with van der Waals surface area (Å²) in [7, 11) is 0. The number of carbonyl (C=O) groups is 2. The van der Waals surface area contributed by atoms with Crippen molar-refractivity contribution in [2.45, 2.75) is 25.0 Å². The van der Waals surface area contributed by atoms with Crippen molar-refractivity contribution in [1.82, 2.24) is 15.1 Å². The number of urea groups is 1. The van der Waals surface area contributed by atoms with E-state index in [2.05, 4.69) is 17.2 Å². The van der Waals surface area contributed by atoms with Gasteiger partial charge in [0.1, 0.15) is 6.61 Å². The van der Waals surface area contributed by atoms with Gasteiger partial charge in [-0.05, 0) is 12.5 Å². The molecular weight excluding hydrogens is 368 g/mol. The van der Waals surface area contributed by atoms with Crippen LogP contribution in [0.2, 0.25) is 0 Å². The first-order valence-corrected chi connectivity index (χ1v) is 9.34. The maximum Gasteiger partial charge on any atom is 0.320 e. The Labute approximate surface area is 161 Å². The number of nitrogens with zero attached hydrogens (tertiary/aromatic N) is 2. The van der Waals surface area contributed by atoms with Crippen LogP contribution in [0.15, 0.2) is 24.3 Å². The zero-order chi connectivity index (χ0) is 19.7. The van der Waals surface area contributed by atoms with Gasteiger partial charge in [0.2, 0.25) is 5.91 Å². The number of ether oxygens (including phenoxy) is 1. The average Bonchev–Trinajstić information content (AvgIpc) is 2.66. The number of piperidine rings is 1. The van der Waals surface area contributed by atoms with Crippen LogP contribution in [-0.4, -0.2) is 66.7 Å². The fraction of sp³-hybridized carbons (Fsp3) is 0.500. The molecule has 3 aliphatic rings. The molecule has 0 saturated carbocycles. The summed E-state index contributed by atoms with van der Waals surface area (Å²) in [6.07, 6.45) is -1.90. The van der Waals surface area contributed by atoms with Gasteiger partial charge in [0.05, 0.1) is 18.1 Å². The van der Waals surface area contributed by atoms with Gasteiger partial charge in [0.25, 0.3) is 6.43 Å². The van der Waals surface area contributed by atoms with Gasteiger partial charge >= 0.3 is 6.03 Å². The van der Waals surface area contributed by atoms with E-state index in [0.717, 1.165) is 0 Å². The van der Waals surface area contributed by atoms with Crippen LogP contribution in [0.3, 0.4) is 0 Å². The predicted octanol–water partition coefficient (Wildman–Crippen LogP) is 1.62. The van der Waals surface area contributed by atoms with Crippen molar-refractivity contribution in [3.05, 3.63) is 35.4 Å². The van der Waals surface area contributed by atoms with Gasteiger partial charge in [-0.1, -0.05) is 30.0 Å². The van der Waals surface area contributed by atoms with Crippen molar-refractivity contribution in [2.75, 3.05) is 32.8 Å². The van der Waals surface area contributed by atoms with Crippen molar-refractivity contribution in [1.29, 1.82) is 0 Å². The van der Waals surface area contributed by atoms with Crippen molar-refractivity contribution >= 4 is 11.9 Å². The summed E-state index contributed by atoms with van der Waals surface area (Å²) in [5.41, 5.74) is 0.263. The van der Waals surface area contributed by atoms with Crippen LogP contribution in [0.5, 0.6) is 0 Å². The minimum Gasteiger partial charge on any atom is -0.366 e. The fourth-order valence-electron chi connectivity index (χ4n) is 3.78. The molecule has 3 aliphatic heterocycles. The third kappa shape index (κ3) is 3.80. The molecule has 3 saturated heterocycles. The molecule has 8 heteroatoms. The van der Waals surface area contributed by atoms with E-state index in [4.69, 9.17) is 4.74 Å². The number of fused-ring (bicyclic) bond motifs is 1. The summed E-state index contributed by atoms with van der Waals surface area (Å²) in [5.74, 6) is 5.65. The average molecular weight is 389 g/mol. The van der Waals surface area contributed by atoms with Crippen LogP contribution in [0.1, 0.15) is 24.0 Å². The maximum absolute atomic E-state index is 13.0. The number of alkyl halides is 2. The largest absolute Gasteiger partial charge is 0.366 e. The molecule has 0 aliphatic carbocycles. The van der Waals surface area contributed by atoms with Crippen LogP contribution in [0.25, 0.3) is 0 Å². The van der Waals surface area contributed by atoms with Crippen LogP contribution < -0.4 is 5.32 Å². The molecule has 1 aromatic rings. The van der Waals surface area contributed by atoms with Crippen molar-refractivity contribution in [2.24, 2.45) is 5.92 Å². The van der Waals surface area contributed by atoms with E-state index in [1.165, 1.54) is 6.07 Å².